The van der Waals surface area contributed by atoms with Crippen molar-refractivity contribution in [1.82, 2.24) is 9.55 Å². The van der Waals surface area contributed by atoms with Crippen molar-refractivity contribution in [1.29, 1.82) is 0 Å². The number of carbonyl (C=O) groups is 1. The van der Waals surface area contributed by atoms with Crippen LogP contribution in [-0.2, 0) is 11.8 Å². The van der Waals surface area contributed by atoms with E-state index in [1.165, 1.54) is 16.8 Å². The summed E-state index contributed by atoms with van der Waals surface area (Å²) in [6, 6.07) is 6.98. The van der Waals surface area contributed by atoms with Gasteiger partial charge in [0.05, 0.1) is 0 Å². The molecule has 0 atom stereocenters. The summed E-state index contributed by atoms with van der Waals surface area (Å²) in [5.41, 5.74) is 1.03. The molecule has 1 aromatic heterocycles. The Hall–Kier alpha value is -2.89. The third kappa shape index (κ3) is 3.11. The zero-order valence-corrected chi connectivity index (χ0v) is 11.0. The highest BCUT2D eigenvalue weighted by Crippen LogP contribution is 2.17. The first-order chi connectivity index (χ1) is 9.60. The number of aromatic nitrogens is 2. The summed E-state index contributed by atoms with van der Waals surface area (Å²) in [6.45, 7) is 3.39. The first-order valence-corrected chi connectivity index (χ1v) is 5.92. The number of nitrogens with one attached hydrogen (secondary N) is 2. The zero-order chi connectivity index (χ0) is 14.5. The van der Waals surface area contributed by atoms with Crippen molar-refractivity contribution in [2.75, 3.05) is 10.6 Å². The summed E-state index contributed by atoms with van der Waals surface area (Å²) in [4.78, 5) is 27.1. The van der Waals surface area contributed by atoms with Gasteiger partial charge in [0.1, 0.15) is 0 Å². The van der Waals surface area contributed by atoms with Crippen molar-refractivity contribution in [3.63, 3.8) is 0 Å². The zero-order valence-electron chi connectivity index (χ0n) is 11.0. The second-order valence-corrected chi connectivity index (χ2v) is 4.09. The van der Waals surface area contributed by atoms with E-state index in [4.69, 9.17) is 0 Å². The minimum absolute atomic E-state index is 0.224. The molecule has 0 unspecified atom stereocenters. The van der Waals surface area contributed by atoms with E-state index in [0.29, 0.717) is 11.4 Å². The van der Waals surface area contributed by atoms with Gasteiger partial charge in [-0.15, -0.1) is 0 Å². The summed E-state index contributed by atoms with van der Waals surface area (Å²) < 4.78 is 1.43. The minimum atomic E-state index is -0.295. The van der Waals surface area contributed by atoms with Crippen LogP contribution in [0.5, 0.6) is 0 Å². The molecular weight excluding hydrogens is 256 g/mol. The molecule has 102 valence electrons. The molecule has 0 saturated carbocycles. The highest BCUT2D eigenvalue weighted by Gasteiger charge is 2.04. The van der Waals surface area contributed by atoms with Gasteiger partial charge in [-0.1, -0.05) is 12.6 Å². The molecule has 0 spiro atoms. The highest BCUT2D eigenvalue weighted by molar-refractivity contribution is 5.99. The second kappa shape index (κ2) is 5.83. The SMILES string of the molecule is C=CC(=O)Nc1cccc(Nc2nccn(C)c2=O)c1. The number of anilines is 3. The molecule has 0 bridgehead atoms. The van der Waals surface area contributed by atoms with Crippen LogP contribution in [0.2, 0.25) is 0 Å². The van der Waals surface area contributed by atoms with E-state index < -0.39 is 0 Å². The first kappa shape index (κ1) is 13.5. The van der Waals surface area contributed by atoms with E-state index in [9.17, 15) is 9.59 Å². The van der Waals surface area contributed by atoms with Crippen LogP contribution in [0.1, 0.15) is 0 Å². The standard InChI is InChI=1S/C14H14N4O2/c1-3-12(19)16-10-5-4-6-11(9-10)17-13-14(20)18(2)8-7-15-13/h3-9H,1H2,2H3,(H,15,17)(H,16,19). The fraction of sp³-hybridized carbons (Fsp3) is 0.0714. The van der Waals surface area contributed by atoms with Gasteiger partial charge >= 0.3 is 0 Å². The first-order valence-electron chi connectivity index (χ1n) is 5.92. The number of aryl methyl sites for hydroxylation is 1. The Morgan fingerprint density at radius 1 is 1.40 bits per heavy atom. The minimum Gasteiger partial charge on any atom is -0.336 e. The van der Waals surface area contributed by atoms with Gasteiger partial charge in [0.15, 0.2) is 5.82 Å². The fourth-order valence-corrected chi connectivity index (χ4v) is 1.59. The van der Waals surface area contributed by atoms with Crippen LogP contribution in [0.3, 0.4) is 0 Å². The maximum absolute atomic E-state index is 11.8. The number of rotatable bonds is 4. The van der Waals surface area contributed by atoms with Gasteiger partial charge in [-0.05, 0) is 24.3 Å². The lowest BCUT2D eigenvalue weighted by Crippen LogP contribution is -2.20. The molecule has 0 aliphatic rings. The number of carbonyl (C=O) groups excluding carboxylic acids is 1. The Morgan fingerprint density at radius 3 is 2.90 bits per heavy atom. The molecule has 2 N–H and O–H groups in total. The van der Waals surface area contributed by atoms with E-state index in [2.05, 4.69) is 22.2 Å². The predicted octanol–water partition coefficient (Wildman–Crippen LogP) is 1.65. The molecule has 2 rings (SSSR count). The van der Waals surface area contributed by atoms with Gasteiger partial charge in [0.25, 0.3) is 5.56 Å². The highest BCUT2D eigenvalue weighted by atomic mass is 16.1. The van der Waals surface area contributed by atoms with Crippen LogP contribution < -0.4 is 16.2 Å². The molecule has 1 amide bonds. The predicted molar refractivity (Wildman–Crippen MR) is 78.0 cm³/mol. The molecule has 0 radical (unpaired) electrons. The normalized spacial score (nSPS) is 9.85. The second-order valence-electron chi connectivity index (χ2n) is 4.09. The van der Waals surface area contributed by atoms with Gasteiger partial charge in [-0.2, -0.15) is 0 Å². The van der Waals surface area contributed by atoms with Gasteiger partial charge in [0, 0.05) is 30.8 Å². The number of amides is 1. The van der Waals surface area contributed by atoms with Crippen molar-refractivity contribution in [3.8, 4) is 0 Å². The fourth-order valence-electron chi connectivity index (χ4n) is 1.59. The van der Waals surface area contributed by atoms with Crippen LogP contribution in [0.25, 0.3) is 0 Å². The number of nitrogens with zero attached hydrogens (tertiary/aromatic N) is 2. The molecule has 20 heavy (non-hydrogen) atoms. The Morgan fingerprint density at radius 2 is 2.15 bits per heavy atom. The summed E-state index contributed by atoms with van der Waals surface area (Å²) in [6.07, 6.45) is 4.30. The van der Waals surface area contributed by atoms with Crippen LogP contribution in [0, 0.1) is 0 Å². The number of hydrogen-bond donors (Lipinski definition) is 2. The molecule has 0 aliphatic carbocycles. The summed E-state index contributed by atoms with van der Waals surface area (Å²) in [5.74, 6) is -0.0712. The molecule has 6 heteroatoms. The summed E-state index contributed by atoms with van der Waals surface area (Å²) in [7, 11) is 1.65. The van der Waals surface area contributed by atoms with Crippen LogP contribution in [-0.4, -0.2) is 15.5 Å². The van der Waals surface area contributed by atoms with Gasteiger partial charge < -0.3 is 15.2 Å². The van der Waals surface area contributed by atoms with E-state index >= 15 is 0 Å². The van der Waals surface area contributed by atoms with Crippen molar-refractivity contribution < 1.29 is 4.79 Å². The molecule has 1 aromatic carbocycles. The van der Waals surface area contributed by atoms with Crippen LogP contribution in [0.15, 0.2) is 54.1 Å². The molecule has 0 fully saturated rings. The molecule has 0 aliphatic heterocycles. The Bertz CT molecular complexity index is 706. The average Bonchev–Trinajstić information content (AvgIpc) is 2.44. The Kier molecular flexibility index (Phi) is 3.95. The van der Waals surface area contributed by atoms with Crippen molar-refractivity contribution >= 4 is 23.1 Å². The van der Waals surface area contributed by atoms with Crippen molar-refractivity contribution in [2.24, 2.45) is 7.05 Å². The van der Waals surface area contributed by atoms with Gasteiger partial charge in [-0.3, -0.25) is 9.59 Å². The van der Waals surface area contributed by atoms with Crippen LogP contribution in [0.4, 0.5) is 17.2 Å². The summed E-state index contributed by atoms with van der Waals surface area (Å²) in [5, 5.41) is 5.57. The third-order valence-corrected chi connectivity index (χ3v) is 2.60. The Balaban J connectivity index is 2.24. The molecule has 0 saturated heterocycles. The smallest absolute Gasteiger partial charge is 0.293 e. The lowest BCUT2D eigenvalue weighted by atomic mass is 10.2. The quantitative estimate of drug-likeness (QED) is 0.828. The van der Waals surface area contributed by atoms with E-state index in [1.807, 2.05) is 0 Å². The van der Waals surface area contributed by atoms with Gasteiger partial charge in [0.2, 0.25) is 5.91 Å². The number of benzene rings is 1. The maximum Gasteiger partial charge on any atom is 0.293 e. The molecule has 2 aromatic rings. The van der Waals surface area contributed by atoms with E-state index in [1.54, 1.807) is 37.5 Å². The molecule has 6 nitrogen and oxygen atoms in total. The van der Waals surface area contributed by atoms with Crippen molar-refractivity contribution in [3.05, 3.63) is 59.7 Å². The number of hydrogen-bond acceptors (Lipinski definition) is 4. The van der Waals surface area contributed by atoms with E-state index in [0.717, 1.165) is 0 Å². The van der Waals surface area contributed by atoms with Gasteiger partial charge in [-0.25, -0.2) is 4.98 Å². The maximum atomic E-state index is 11.8. The van der Waals surface area contributed by atoms with Crippen LogP contribution >= 0.6 is 0 Å². The Labute approximate surface area is 115 Å². The third-order valence-electron chi connectivity index (χ3n) is 2.60. The average molecular weight is 270 g/mol. The summed E-state index contributed by atoms with van der Waals surface area (Å²) >= 11 is 0. The van der Waals surface area contributed by atoms with E-state index in [-0.39, 0.29) is 17.3 Å². The lowest BCUT2D eigenvalue weighted by molar-refractivity contribution is -0.111. The van der Waals surface area contributed by atoms with Crippen molar-refractivity contribution in [2.45, 2.75) is 0 Å². The molecular formula is C14H14N4O2. The topological polar surface area (TPSA) is 76.0 Å². The largest absolute Gasteiger partial charge is 0.336 e. The lowest BCUT2D eigenvalue weighted by Gasteiger charge is -2.08. The monoisotopic (exact) mass is 270 g/mol. The molecule has 1 heterocycles.